The van der Waals surface area contributed by atoms with Crippen LogP contribution in [0.3, 0.4) is 0 Å². The molecule has 1 atom stereocenters. The largest absolute Gasteiger partial charge is 0.324 e. The van der Waals surface area contributed by atoms with Gasteiger partial charge >= 0.3 is 0 Å². The van der Waals surface area contributed by atoms with Crippen LogP contribution in [-0.2, 0) is 16.0 Å². The molecule has 0 radical (unpaired) electrons. The Balaban J connectivity index is 0.000000156. The molecule has 0 aliphatic carbocycles. The number of para-hydroxylation sites is 2. The number of hydrogen-bond donors (Lipinski definition) is 1. The van der Waals surface area contributed by atoms with Gasteiger partial charge in [-0.25, -0.2) is 0 Å². The van der Waals surface area contributed by atoms with E-state index in [-0.39, 0.29) is 17.9 Å². The van der Waals surface area contributed by atoms with E-state index >= 15 is 0 Å². The normalized spacial score (nSPS) is 13.5. The summed E-state index contributed by atoms with van der Waals surface area (Å²) < 4.78 is 0. The zero-order valence-corrected chi connectivity index (χ0v) is 26.1. The minimum Gasteiger partial charge on any atom is -0.324 e. The van der Waals surface area contributed by atoms with Crippen LogP contribution in [0.5, 0.6) is 0 Å². The van der Waals surface area contributed by atoms with Crippen molar-refractivity contribution in [2.24, 2.45) is 0 Å². The Bertz CT molecular complexity index is 1900. The van der Waals surface area contributed by atoms with E-state index in [9.17, 15) is 9.59 Å². The standard InChI is InChI=1S/C20H18N2O.C13H12N2O.C7H8/c23-19-14-17(12-11-15-6-2-1-3-7-15)22(19)18-10-4-8-16-9-5-13-21-20(16)18;1-2-5-12(16)15-11-8-3-6-10-7-4-9-14-13(10)11;1-7-5-3-2-4-6-7/h1-10,13,17H,11-12,14H2;2-4,6-9H,1,5H2,(H,15,16);2-6H,1H3. The fourth-order valence-corrected chi connectivity index (χ4v) is 5.38. The van der Waals surface area contributed by atoms with E-state index in [1.165, 1.54) is 11.1 Å². The van der Waals surface area contributed by atoms with Crippen LogP contribution in [0, 0.1) is 6.92 Å². The lowest BCUT2D eigenvalue weighted by molar-refractivity contribution is -0.124. The van der Waals surface area contributed by atoms with E-state index < -0.39 is 0 Å². The van der Waals surface area contributed by atoms with Gasteiger partial charge in [-0.2, -0.15) is 0 Å². The number of hydrogen-bond acceptors (Lipinski definition) is 4. The van der Waals surface area contributed by atoms with Crippen molar-refractivity contribution in [2.45, 2.75) is 38.6 Å². The van der Waals surface area contributed by atoms with Gasteiger partial charge in [0.2, 0.25) is 11.8 Å². The number of β-lactam (4-membered cyclic amide) rings is 1. The van der Waals surface area contributed by atoms with Gasteiger partial charge < -0.3 is 10.2 Å². The second-order valence-corrected chi connectivity index (χ2v) is 11.1. The lowest BCUT2D eigenvalue weighted by Crippen LogP contribution is -2.53. The highest BCUT2D eigenvalue weighted by atomic mass is 16.2. The summed E-state index contributed by atoms with van der Waals surface area (Å²) in [5, 5.41) is 4.90. The average molecular weight is 607 g/mol. The van der Waals surface area contributed by atoms with Gasteiger partial charge in [0.1, 0.15) is 0 Å². The predicted molar refractivity (Wildman–Crippen MR) is 189 cm³/mol. The number of aryl methyl sites for hydroxylation is 2. The summed E-state index contributed by atoms with van der Waals surface area (Å²) in [5.74, 6) is 0.120. The van der Waals surface area contributed by atoms with Gasteiger partial charge in [-0.3, -0.25) is 19.6 Å². The van der Waals surface area contributed by atoms with Crippen molar-refractivity contribution in [2.75, 3.05) is 10.2 Å². The Labute approximate surface area is 270 Å². The maximum absolute atomic E-state index is 12.2. The van der Waals surface area contributed by atoms with Crippen molar-refractivity contribution in [3.05, 3.63) is 158 Å². The zero-order valence-electron chi connectivity index (χ0n) is 26.1. The molecule has 1 aliphatic heterocycles. The number of nitrogens with zero attached hydrogens (tertiary/aromatic N) is 3. The first kappa shape index (κ1) is 31.8. The van der Waals surface area contributed by atoms with E-state index in [2.05, 4.69) is 65.2 Å². The molecule has 2 amide bonds. The number of fused-ring (bicyclic) bond motifs is 2. The monoisotopic (exact) mass is 606 g/mol. The Morgan fingerprint density at radius 3 is 2.04 bits per heavy atom. The van der Waals surface area contributed by atoms with Gasteiger partial charge in [0.05, 0.1) is 22.4 Å². The molecule has 3 heterocycles. The fourth-order valence-electron chi connectivity index (χ4n) is 5.38. The Morgan fingerprint density at radius 2 is 1.41 bits per heavy atom. The first-order valence-electron chi connectivity index (χ1n) is 15.5. The van der Waals surface area contributed by atoms with E-state index in [0.29, 0.717) is 12.8 Å². The average Bonchev–Trinajstić information content (AvgIpc) is 3.08. The molecule has 46 heavy (non-hydrogen) atoms. The SMILES string of the molecule is C=CCC(=O)Nc1cccc2cccnc12.Cc1ccccc1.O=C1CC(CCc2ccccc2)N1c1cccc2cccnc12. The van der Waals surface area contributed by atoms with E-state index in [4.69, 9.17) is 0 Å². The number of carbonyl (C=O) groups excluding carboxylic acids is 2. The number of pyridine rings is 2. The molecule has 6 aromatic rings. The van der Waals surface area contributed by atoms with Crippen LogP contribution in [0.2, 0.25) is 0 Å². The second-order valence-electron chi connectivity index (χ2n) is 11.1. The van der Waals surface area contributed by atoms with Crippen molar-refractivity contribution in [1.82, 2.24) is 9.97 Å². The molecular weight excluding hydrogens is 568 g/mol. The highest BCUT2D eigenvalue weighted by Crippen LogP contribution is 2.34. The third-order valence-corrected chi connectivity index (χ3v) is 7.70. The molecule has 4 aromatic carbocycles. The van der Waals surface area contributed by atoms with Gasteiger partial charge in [-0.1, -0.05) is 109 Å². The Kier molecular flexibility index (Phi) is 11.0. The minimum atomic E-state index is -0.0758. The number of aromatic nitrogens is 2. The van der Waals surface area contributed by atoms with Crippen molar-refractivity contribution >= 4 is 45.0 Å². The summed E-state index contributed by atoms with van der Waals surface area (Å²) in [6.07, 6.45) is 8.00. The minimum absolute atomic E-state index is 0.0758. The van der Waals surface area contributed by atoms with Crippen LogP contribution in [0.1, 0.15) is 30.4 Å². The van der Waals surface area contributed by atoms with Crippen LogP contribution >= 0.6 is 0 Å². The number of carbonyl (C=O) groups is 2. The van der Waals surface area contributed by atoms with Crippen molar-refractivity contribution in [3.8, 4) is 0 Å². The molecule has 0 bridgehead atoms. The lowest BCUT2D eigenvalue weighted by atomic mass is 9.93. The summed E-state index contributed by atoms with van der Waals surface area (Å²) in [5.41, 5.74) is 6.04. The highest BCUT2D eigenvalue weighted by molar-refractivity contribution is 6.07. The van der Waals surface area contributed by atoms with Gasteiger partial charge in [0, 0.05) is 42.0 Å². The molecule has 6 heteroatoms. The Morgan fingerprint density at radius 1 is 0.804 bits per heavy atom. The van der Waals surface area contributed by atoms with Crippen LogP contribution < -0.4 is 10.2 Å². The maximum Gasteiger partial charge on any atom is 0.229 e. The first-order valence-corrected chi connectivity index (χ1v) is 15.5. The van der Waals surface area contributed by atoms with Crippen LogP contribution in [-0.4, -0.2) is 27.8 Å². The number of rotatable bonds is 7. The smallest absolute Gasteiger partial charge is 0.229 e. The zero-order chi connectivity index (χ0) is 32.1. The molecule has 0 spiro atoms. The van der Waals surface area contributed by atoms with Gasteiger partial charge in [0.15, 0.2) is 0 Å². The van der Waals surface area contributed by atoms with Crippen molar-refractivity contribution in [3.63, 3.8) is 0 Å². The van der Waals surface area contributed by atoms with Crippen LogP contribution in [0.25, 0.3) is 21.8 Å². The predicted octanol–water partition coefficient (Wildman–Crippen LogP) is 8.72. The molecule has 1 saturated heterocycles. The number of nitrogens with one attached hydrogen (secondary N) is 1. The third-order valence-electron chi connectivity index (χ3n) is 7.70. The lowest BCUT2D eigenvalue weighted by Gasteiger charge is -2.41. The molecule has 1 fully saturated rings. The molecule has 6 nitrogen and oxygen atoms in total. The molecule has 1 aliphatic rings. The van der Waals surface area contributed by atoms with Gasteiger partial charge in [-0.05, 0) is 49.6 Å². The summed E-state index contributed by atoms with van der Waals surface area (Å²) in [6, 6.07) is 40.5. The summed E-state index contributed by atoms with van der Waals surface area (Å²) in [7, 11) is 0. The quantitative estimate of drug-likeness (QED) is 0.146. The topological polar surface area (TPSA) is 75.2 Å². The molecule has 2 aromatic heterocycles. The van der Waals surface area contributed by atoms with Crippen LogP contribution in [0.15, 0.2) is 146 Å². The maximum atomic E-state index is 12.2. The third kappa shape index (κ3) is 8.30. The molecule has 1 N–H and O–H groups in total. The second kappa shape index (κ2) is 15.9. The molecular formula is C40H38N4O2. The van der Waals surface area contributed by atoms with E-state index in [0.717, 1.165) is 46.0 Å². The molecule has 7 rings (SSSR count). The molecule has 230 valence electrons. The summed E-state index contributed by atoms with van der Waals surface area (Å²) >= 11 is 0. The van der Waals surface area contributed by atoms with Crippen molar-refractivity contribution in [1.29, 1.82) is 0 Å². The fraction of sp³-hybridized carbons (Fsp3) is 0.150. The van der Waals surface area contributed by atoms with E-state index in [1.54, 1.807) is 18.5 Å². The molecule has 0 saturated carbocycles. The number of amides is 2. The molecule has 1 unspecified atom stereocenters. The van der Waals surface area contributed by atoms with Crippen molar-refractivity contribution < 1.29 is 9.59 Å². The summed E-state index contributed by atoms with van der Waals surface area (Å²) in [4.78, 5) is 34.3. The van der Waals surface area contributed by atoms with Crippen LogP contribution in [0.4, 0.5) is 11.4 Å². The Hall–Kier alpha value is -5.62. The first-order chi connectivity index (χ1) is 22.5. The van der Waals surface area contributed by atoms with Gasteiger partial charge in [-0.15, -0.1) is 6.58 Å². The number of anilines is 2. The highest BCUT2D eigenvalue weighted by Gasteiger charge is 2.37. The van der Waals surface area contributed by atoms with E-state index in [1.807, 2.05) is 89.8 Å². The number of benzene rings is 4. The van der Waals surface area contributed by atoms with Gasteiger partial charge in [0.25, 0.3) is 0 Å². The summed E-state index contributed by atoms with van der Waals surface area (Å²) in [6.45, 7) is 5.61.